The lowest BCUT2D eigenvalue weighted by atomic mass is 10.2. The van der Waals surface area contributed by atoms with E-state index in [-0.39, 0.29) is 12.3 Å². The van der Waals surface area contributed by atoms with Gasteiger partial charge in [-0.2, -0.15) is 0 Å². The lowest BCUT2D eigenvalue weighted by Gasteiger charge is -2.11. The summed E-state index contributed by atoms with van der Waals surface area (Å²) in [5, 5.41) is 4.19. The second-order valence-corrected chi connectivity index (χ2v) is 5.25. The van der Waals surface area contributed by atoms with E-state index in [9.17, 15) is 4.39 Å². The summed E-state index contributed by atoms with van der Waals surface area (Å²) in [6.45, 7) is 0.251. The molecule has 0 bridgehead atoms. The molecule has 0 radical (unpaired) electrons. The van der Waals surface area contributed by atoms with Gasteiger partial charge >= 0.3 is 0 Å². The third-order valence-electron chi connectivity index (χ3n) is 2.74. The molecule has 0 saturated heterocycles. The third kappa shape index (κ3) is 3.29. The second-order valence-electron chi connectivity index (χ2n) is 4.03. The summed E-state index contributed by atoms with van der Waals surface area (Å²) < 4.78 is 18.9. The number of nitrogens with one attached hydrogen (secondary N) is 1. The van der Waals surface area contributed by atoms with Crippen molar-refractivity contribution in [1.29, 1.82) is 0 Å². The van der Waals surface area contributed by atoms with Crippen molar-refractivity contribution in [2.24, 2.45) is 0 Å². The van der Waals surface area contributed by atoms with Crippen LogP contribution in [0.2, 0.25) is 15.1 Å². The first kappa shape index (κ1) is 15.2. The fourth-order valence-electron chi connectivity index (χ4n) is 1.70. The average molecular weight is 335 g/mol. The van der Waals surface area contributed by atoms with E-state index in [4.69, 9.17) is 39.5 Å². The van der Waals surface area contributed by atoms with Gasteiger partial charge < -0.3 is 10.1 Å². The minimum Gasteiger partial charge on any atom is -0.494 e. The van der Waals surface area contributed by atoms with Gasteiger partial charge in [0.25, 0.3) is 0 Å². The molecule has 1 N–H and O–H groups in total. The van der Waals surface area contributed by atoms with Crippen molar-refractivity contribution < 1.29 is 9.13 Å². The molecule has 0 atom stereocenters. The van der Waals surface area contributed by atoms with Crippen molar-refractivity contribution in [1.82, 2.24) is 0 Å². The number of anilines is 1. The van der Waals surface area contributed by atoms with Gasteiger partial charge in [0, 0.05) is 12.1 Å². The maximum absolute atomic E-state index is 14.0. The minimum atomic E-state index is -0.404. The van der Waals surface area contributed by atoms with Gasteiger partial charge in [-0.15, -0.1) is 0 Å². The van der Waals surface area contributed by atoms with Crippen LogP contribution in [0.5, 0.6) is 5.75 Å². The summed E-state index contributed by atoms with van der Waals surface area (Å²) in [5.41, 5.74) is 1.05. The SMILES string of the molecule is COc1cccc(CNc2cc(Cl)c(Cl)cc2Cl)c1F. The molecule has 0 aliphatic heterocycles. The highest BCUT2D eigenvalue weighted by atomic mass is 35.5. The number of rotatable bonds is 4. The smallest absolute Gasteiger partial charge is 0.170 e. The standard InChI is InChI=1S/C14H11Cl3FNO/c1-20-13-4-2-3-8(14(13)18)7-19-12-6-10(16)9(15)5-11(12)17/h2-6,19H,7H2,1H3. The Morgan fingerprint density at radius 1 is 1.10 bits per heavy atom. The molecule has 106 valence electrons. The van der Waals surface area contributed by atoms with Crippen LogP contribution in [-0.4, -0.2) is 7.11 Å². The van der Waals surface area contributed by atoms with Crippen LogP contribution < -0.4 is 10.1 Å². The molecule has 0 aliphatic carbocycles. The highest BCUT2D eigenvalue weighted by Gasteiger charge is 2.10. The number of halogens is 4. The van der Waals surface area contributed by atoms with Crippen molar-refractivity contribution in [3.63, 3.8) is 0 Å². The van der Waals surface area contributed by atoms with Crippen LogP contribution >= 0.6 is 34.8 Å². The van der Waals surface area contributed by atoms with E-state index in [1.54, 1.807) is 24.3 Å². The predicted octanol–water partition coefficient (Wildman–Crippen LogP) is 5.41. The highest BCUT2D eigenvalue weighted by molar-refractivity contribution is 6.44. The average Bonchev–Trinajstić information content (AvgIpc) is 2.43. The normalized spacial score (nSPS) is 10.4. The Labute approximate surface area is 131 Å². The van der Waals surface area contributed by atoms with Gasteiger partial charge in [0.05, 0.1) is 27.9 Å². The van der Waals surface area contributed by atoms with Gasteiger partial charge in [0.2, 0.25) is 0 Å². The van der Waals surface area contributed by atoms with Crippen molar-refractivity contribution in [2.45, 2.75) is 6.54 Å². The van der Waals surface area contributed by atoms with Crippen molar-refractivity contribution in [2.75, 3.05) is 12.4 Å². The largest absolute Gasteiger partial charge is 0.494 e. The Bertz CT molecular complexity index is 634. The van der Waals surface area contributed by atoms with Crippen LogP contribution in [0.15, 0.2) is 30.3 Å². The summed E-state index contributed by atoms with van der Waals surface area (Å²) in [5.74, 6) is -0.205. The van der Waals surface area contributed by atoms with Gasteiger partial charge in [-0.05, 0) is 18.2 Å². The minimum absolute atomic E-state index is 0.199. The molecule has 0 saturated carbocycles. The molecule has 2 aromatic rings. The monoisotopic (exact) mass is 333 g/mol. The van der Waals surface area contributed by atoms with Crippen LogP contribution in [0.1, 0.15) is 5.56 Å². The second kappa shape index (κ2) is 6.53. The lowest BCUT2D eigenvalue weighted by Crippen LogP contribution is -2.03. The third-order valence-corrected chi connectivity index (χ3v) is 3.78. The van der Waals surface area contributed by atoms with Gasteiger partial charge in [0.15, 0.2) is 11.6 Å². The lowest BCUT2D eigenvalue weighted by molar-refractivity contribution is 0.384. The van der Waals surface area contributed by atoms with Crippen molar-refractivity contribution in [3.8, 4) is 5.75 Å². The Balaban J connectivity index is 2.19. The summed E-state index contributed by atoms with van der Waals surface area (Å²) in [4.78, 5) is 0. The molecule has 0 aliphatic rings. The zero-order valence-electron chi connectivity index (χ0n) is 10.5. The molecule has 6 heteroatoms. The van der Waals surface area contributed by atoms with E-state index in [2.05, 4.69) is 5.32 Å². The van der Waals surface area contributed by atoms with Gasteiger partial charge in [-0.1, -0.05) is 46.9 Å². The molecule has 0 amide bonds. The maximum atomic E-state index is 14.0. The number of hydrogen-bond acceptors (Lipinski definition) is 2. The zero-order valence-corrected chi connectivity index (χ0v) is 12.8. The predicted molar refractivity (Wildman–Crippen MR) is 81.8 cm³/mol. The zero-order chi connectivity index (χ0) is 14.7. The van der Waals surface area contributed by atoms with E-state index in [0.717, 1.165) is 0 Å². The molecular weight excluding hydrogens is 324 g/mol. The van der Waals surface area contributed by atoms with E-state index >= 15 is 0 Å². The maximum Gasteiger partial charge on any atom is 0.170 e. The van der Waals surface area contributed by atoms with Crippen LogP contribution in [0.25, 0.3) is 0 Å². The van der Waals surface area contributed by atoms with Crippen LogP contribution in [0.3, 0.4) is 0 Å². The quantitative estimate of drug-likeness (QED) is 0.755. The first-order valence-electron chi connectivity index (χ1n) is 5.72. The molecule has 0 aromatic heterocycles. The summed E-state index contributed by atoms with van der Waals surface area (Å²) in [6.07, 6.45) is 0. The van der Waals surface area contributed by atoms with Gasteiger partial charge in [-0.3, -0.25) is 0 Å². The molecular formula is C14H11Cl3FNO. The fraction of sp³-hybridized carbons (Fsp3) is 0.143. The molecule has 2 aromatic carbocycles. The molecule has 0 unspecified atom stereocenters. The number of benzene rings is 2. The van der Waals surface area contributed by atoms with E-state index < -0.39 is 5.82 Å². The molecule has 20 heavy (non-hydrogen) atoms. The van der Waals surface area contributed by atoms with E-state index in [1.165, 1.54) is 13.2 Å². The molecule has 2 rings (SSSR count). The van der Waals surface area contributed by atoms with Gasteiger partial charge in [-0.25, -0.2) is 4.39 Å². The van der Waals surface area contributed by atoms with Crippen LogP contribution in [0.4, 0.5) is 10.1 Å². The number of ether oxygens (including phenoxy) is 1. The number of methoxy groups -OCH3 is 1. The Kier molecular flexibility index (Phi) is 4.97. The van der Waals surface area contributed by atoms with E-state index in [1.807, 2.05) is 0 Å². The Morgan fingerprint density at radius 3 is 2.50 bits per heavy atom. The summed E-state index contributed by atoms with van der Waals surface area (Å²) >= 11 is 17.8. The molecule has 0 heterocycles. The van der Waals surface area contributed by atoms with Crippen molar-refractivity contribution >= 4 is 40.5 Å². The topological polar surface area (TPSA) is 21.3 Å². The number of hydrogen-bond donors (Lipinski definition) is 1. The summed E-state index contributed by atoms with van der Waals surface area (Å²) in [6, 6.07) is 8.08. The highest BCUT2D eigenvalue weighted by Crippen LogP contribution is 2.32. The van der Waals surface area contributed by atoms with Gasteiger partial charge in [0.1, 0.15) is 0 Å². The Morgan fingerprint density at radius 2 is 1.80 bits per heavy atom. The van der Waals surface area contributed by atoms with Crippen LogP contribution in [-0.2, 0) is 6.54 Å². The Hall–Kier alpha value is -1.16. The van der Waals surface area contributed by atoms with E-state index in [0.29, 0.717) is 26.3 Å². The molecule has 0 fully saturated rings. The molecule has 0 spiro atoms. The van der Waals surface area contributed by atoms with Crippen molar-refractivity contribution in [3.05, 3.63) is 56.8 Å². The first-order chi connectivity index (χ1) is 9.52. The molecule has 2 nitrogen and oxygen atoms in total. The first-order valence-corrected chi connectivity index (χ1v) is 6.86. The summed E-state index contributed by atoms with van der Waals surface area (Å²) in [7, 11) is 1.42. The van der Waals surface area contributed by atoms with Crippen LogP contribution in [0, 0.1) is 5.82 Å². The fourth-order valence-corrected chi connectivity index (χ4v) is 2.31.